The van der Waals surface area contributed by atoms with Crippen molar-refractivity contribution in [3.8, 4) is 0 Å². The number of hydrogen-bond acceptors (Lipinski definition) is 2. The van der Waals surface area contributed by atoms with Gasteiger partial charge in [-0.1, -0.05) is 44.8 Å². The first-order valence-corrected chi connectivity index (χ1v) is 6.62. The van der Waals surface area contributed by atoms with Crippen LogP contribution >= 0.6 is 0 Å². The molecule has 1 aliphatic rings. The van der Waals surface area contributed by atoms with Gasteiger partial charge in [0.25, 0.3) is 0 Å². The highest BCUT2D eigenvalue weighted by molar-refractivity contribution is 5.03. The highest BCUT2D eigenvalue weighted by Gasteiger charge is 2.36. The molecule has 1 unspecified atom stereocenters. The lowest BCUT2D eigenvalue weighted by molar-refractivity contribution is -0.0431. The van der Waals surface area contributed by atoms with Crippen molar-refractivity contribution < 1.29 is 4.74 Å². The summed E-state index contributed by atoms with van der Waals surface area (Å²) in [6.45, 7) is 6.20. The van der Waals surface area contributed by atoms with Crippen LogP contribution in [-0.4, -0.2) is 18.8 Å². The second kappa shape index (κ2) is 6.41. The normalized spacial score (nSPS) is 22.4. The van der Waals surface area contributed by atoms with E-state index in [4.69, 9.17) is 10.5 Å². The molecule has 0 bridgehead atoms. The summed E-state index contributed by atoms with van der Waals surface area (Å²) in [6, 6.07) is 0.114. The van der Waals surface area contributed by atoms with Crippen LogP contribution in [0.2, 0.25) is 0 Å². The molecule has 0 amide bonds. The van der Waals surface area contributed by atoms with Crippen LogP contribution in [0, 0.1) is 0 Å². The minimum atomic E-state index is -0.0887. The monoisotopic (exact) mass is 225 g/mol. The summed E-state index contributed by atoms with van der Waals surface area (Å²) in [5.74, 6) is 0. The summed E-state index contributed by atoms with van der Waals surface area (Å²) in [7, 11) is 1.82. The predicted octanol–water partition coefficient (Wildman–Crippen LogP) is 3.41. The van der Waals surface area contributed by atoms with E-state index in [1.807, 2.05) is 7.11 Å². The lowest BCUT2D eigenvalue weighted by Crippen LogP contribution is -2.49. The quantitative estimate of drug-likeness (QED) is 0.575. The summed E-state index contributed by atoms with van der Waals surface area (Å²) < 4.78 is 5.80. The molecule has 0 radical (unpaired) electrons. The molecule has 0 aromatic heterocycles. The standard InChI is InChI=1S/C14H27NO/c1-4-12(2)11-13(15)14(16-3)9-7-5-6-8-10-14/h13H,2,4-11,15H2,1,3H3. The van der Waals surface area contributed by atoms with Gasteiger partial charge >= 0.3 is 0 Å². The molecule has 94 valence electrons. The van der Waals surface area contributed by atoms with Gasteiger partial charge in [0.15, 0.2) is 0 Å². The zero-order valence-corrected chi connectivity index (χ0v) is 10.9. The molecule has 0 spiro atoms. The topological polar surface area (TPSA) is 35.2 Å². The molecule has 1 atom stereocenters. The van der Waals surface area contributed by atoms with E-state index >= 15 is 0 Å². The Morgan fingerprint density at radius 3 is 2.31 bits per heavy atom. The Labute approximate surface area is 100 Å². The maximum Gasteiger partial charge on any atom is 0.0832 e. The third-order valence-corrected chi connectivity index (χ3v) is 4.04. The van der Waals surface area contributed by atoms with Crippen LogP contribution < -0.4 is 5.73 Å². The molecule has 2 N–H and O–H groups in total. The molecule has 2 heteroatoms. The first-order valence-electron chi connectivity index (χ1n) is 6.62. The summed E-state index contributed by atoms with van der Waals surface area (Å²) >= 11 is 0. The second-order valence-corrected chi connectivity index (χ2v) is 5.10. The number of ether oxygens (including phenoxy) is 1. The molecule has 16 heavy (non-hydrogen) atoms. The molecule has 2 nitrogen and oxygen atoms in total. The largest absolute Gasteiger partial charge is 0.377 e. The van der Waals surface area contributed by atoms with E-state index in [2.05, 4.69) is 13.5 Å². The van der Waals surface area contributed by atoms with Crippen LogP contribution in [0.3, 0.4) is 0 Å². The van der Waals surface area contributed by atoms with Crippen LogP contribution in [0.1, 0.15) is 58.3 Å². The summed E-state index contributed by atoms with van der Waals surface area (Å²) in [4.78, 5) is 0. The fourth-order valence-electron chi connectivity index (χ4n) is 2.69. The Balaban J connectivity index is 2.65. The van der Waals surface area contributed by atoms with Crippen LogP contribution in [0.5, 0.6) is 0 Å². The van der Waals surface area contributed by atoms with Gasteiger partial charge in [0, 0.05) is 13.2 Å². The van der Waals surface area contributed by atoms with Crippen molar-refractivity contribution in [2.24, 2.45) is 5.73 Å². The molecule has 0 aliphatic heterocycles. The van der Waals surface area contributed by atoms with Crippen LogP contribution in [0.4, 0.5) is 0 Å². The van der Waals surface area contributed by atoms with Gasteiger partial charge in [0.05, 0.1) is 5.60 Å². The molecular formula is C14H27NO. The third-order valence-electron chi connectivity index (χ3n) is 4.04. The number of nitrogens with two attached hydrogens (primary N) is 1. The van der Waals surface area contributed by atoms with Crippen LogP contribution in [-0.2, 0) is 4.74 Å². The first kappa shape index (κ1) is 13.7. The molecule has 1 aliphatic carbocycles. The Morgan fingerprint density at radius 2 is 1.88 bits per heavy atom. The van der Waals surface area contributed by atoms with Crippen molar-refractivity contribution in [2.45, 2.75) is 69.9 Å². The highest BCUT2D eigenvalue weighted by Crippen LogP contribution is 2.34. The van der Waals surface area contributed by atoms with Crippen molar-refractivity contribution in [2.75, 3.05) is 7.11 Å². The summed E-state index contributed by atoms with van der Waals surface area (Å²) in [5.41, 5.74) is 7.51. The smallest absolute Gasteiger partial charge is 0.0832 e. The number of hydrogen-bond donors (Lipinski definition) is 1. The number of methoxy groups -OCH3 is 1. The maximum atomic E-state index is 6.35. The predicted molar refractivity (Wildman–Crippen MR) is 69.5 cm³/mol. The fourth-order valence-corrected chi connectivity index (χ4v) is 2.69. The zero-order chi connectivity index (χ0) is 12.0. The zero-order valence-electron chi connectivity index (χ0n) is 10.9. The van der Waals surface area contributed by atoms with E-state index in [1.165, 1.54) is 31.3 Å². The summed E-state index contributed by atoms with van der Waals surface area (Å²) in [6.07, 6.45) is 9.31. The highest BCUT2D eigenvalue weighted by atomic mass is 16.5. The molecular weight excluding hydrogens is 198 g/mol. The van der Waals surface area contributed by atoms with Gasteiger partial charge in [-0.05, 0) is 25.7 Å². The van der Waals surface area contributed by atoms with E-state index in [-0.39, 0.29) is 11.6 Å². The van der Waals surface area contributed by atoms with Crippen LogP contribution in [0.15, 0.2) is 12.2 Å². The molecule has 1 saturated carbocycles. The minimum absolute atomic E-state index is 0.0887. The van der Waals surface area contributed by atoms with Crippen molar-refractivity contribution in [1.82, 2.24) is 0 Å². The van der Waals surface area contributed by atoms with Crippen LogP contribution in [0.25, 0.3) is 0 Å². The van der Waals surface area contributed by atoms with E-state index in [9.17, 15) is 0 Å². The van der Waals surface area contributed by atoms with Gasteiger partial charge < -0.3 is 10.5 Å². The van der Waals surface area contributed by atoms with E-state index in [0.717, 1.165) is 25.7 Å². The van der Waals surface area contributed by atoms with Gasteiger partial charge in [-0.3, -0.25) is 0 Å². The SMILES string of the molecule is C=C(CC)CC(N)C1(OC)CCCCCC1. The number of rotatable bonds is 5. The van der Waals surface area contributed by atoms with E-state index in [1.54, 1.807) is 0 Å². The molecule has 1 rings (SSSR count). The van der Waals surface area contributed by atoms with E-state index in [0.29, 0.717) is 0 Å². The van der Waals surface area contributed by atoms with Crippen molar-refractivity contribution in [1.29, 1.82) is 0 Å². The minimum Gasteiger partial charge on any atom is -0.377 e. The van der Waals surface area contributed by atoms with Gasteiger partial charge in [-0.15, -0.1) is 0 Å². The maximum absolute atomic E-state index is 6.35. The average Bonchev–Trinajstić information content (AvgIpc) is 2.54. The van der Waals surface area contributed by atoms with Gasteiger partial charge in [-0.2, -0.15) is 0 Å². The first-order chi connectivity index (χ1) is 7.64. The molecule has 0 saturated heterocycles. The summed E-state index contributed by atoms with van der Waals surface area (Å²) in [5, 5.41) is 0. The van der Waals surface area contributed by atoms with Gasteiger partial charge in [-0.25, -0.2) is 0 Å². The Kier molecular flexibility index (Phi) is 5.50. The average molecular weight is 225 g/mol. The lowest BCUT2D eigenvalue weighted by atomic mass is 9.83. The Hall–Kier alpha value is -0.340. The molecule has 0 aromatic carbocycles. The van der Waals surface area contributed by atoms with Gasteiger partial charge in [0.1, 0.15) is 0 Å². The fraction of sp³-hybridized carbons (Fsp3) is 0.857. The van der Waals surface area contributed by atoms with E-state index < -0.39 is 0 Å². The Morgan fingerprint density at radius 1 is 1.31 bits per heavy atom. The lowest BCUT2D eigenvalue weighted by Gasteiger charge is -2.37. The molecule has 0 aromatic rings. The molecule has 0 heterocycles. The van der Waals surface area contributed by atoms with Crippen molar-refractivity contribution in [3.63, 3.8) is 0 Å². The second-order valence-electron chi connectivity index (χ2n) is 5.10. The van der Waals surface area contributed by atoms with Gasteiger partial charge in [0.2, 0.25) is 0 Å². The molecule has 1 fully saturated rings. The Bertz CT molecular complexity index is 217. The van der Waals surface area contributed by atoms with Crippen molar-refractivity contribution >= 4 is 0 Å². The van der Waals surface area contributed by atoms with Crippen molar-refractivity contribution in [3.05, 3.63) is 12.2 Å². The third kappa shape index (κ3) is 3.33.